The molecule has 2 aromatic rings. The largest absolute Gasteiger partial charge is 0.382 e. The van der Waals surface area contributed by atoms with Gasteiger partial charge in [-0.3, -0.25) is 4.79 Å². The van der Waals surface area contributed by atoms with Gasteiger partial charge in [0.1, 0.15) is 5.82 Å². The van der Waals surface area contributed by atoms with Gasteiger partial charge in [0.15, 0.2) is 0 Å². The van der Waals surface area contributed by atoms with Crippen molar-refractivity contribution in [2.24, 2.45) is 0 Å². The Labute approximate surface area is 123 Å². The fraction of sp³-hybridized carbons (Fsp3) is 0.235. The molecule has 3 rings (SSSR count). The summed E-state index contributed by atoms with van der Waals surface area (Å²) in [6, 6.07) is 14.5. The zero-order valence-electron chi connectivity index (χ0n) is 11.6. The van der Waals surface area contributed by atoms with Crippen molar-refractivity contribution in [2.45, 2.75) is 25.3 Å². The van der Waals surface area contributed by atoms with Crippen LogP contribution in [0.25, 0.3) is 0 Å². The van der Waals surface area contributed by atoms with Crippen molar-refractivity contribution < 1.29 is 9.18 Å². The first-order chi connectivity index (χ1) is 10.2. The van der Waals surface area contributed by atoms with Crippen LogP contribution in [0, 0.1) is 5.82 Å². The molecule has 1 amide bonds. The number of hydrogen-bond donors (Lipinski definition) is 2. The number of halogens is 1. The van der Waals surface area contributed by atoms with Crippen molar-refractivity contribution in [3.63, 3.8) is 0 Å². The van der Waals surface area contributed by atoms with Crippen LogP contribution in [0.1, 0.15) is 18.4 Å². The van der Waals surface area contributed by atoms with Crippen LogP contribution in [0.2, 0.25) is 0 Å². The van der Waals surface area contributed by atoms with Crippen LogP contribution >= 0.6 is 0 Å². The van der Waals surface area contributed by atoms with Gasteiger partial charge in [-0.05, 0) is 48.7 Å². The lowest BCUT2D eigenvalue weighted by molar-refractivity contribution is -0.115. The van der Waals surface area contributed by atoms with Gasteiger partial charge in [-0.1, -0.05) is 18.2 Å². The highest BCUT2D eigenvalue weighted by Gasteiger charge is 2.20. The molecular formula is C17H17FN2O. The Kier molecular flexibility index (Phi) is 3.86. The third kappa shape index (κ3) is 3.81. The number of rotatable bonds is 5. The number of benzene rings is 2. The molecule has 0 saturated heterocycles. The minimum atomic E-state index is -0.350. The number of amides is 1. The average Bonchev–Trinajstić information content (AvgIpc) is 3.28. The number of carbonyl (C=O) groups excluding carboxylic acids is 1. The zero-order chi connectivity index (χ0) is 14.7. The van der Waals surface area contributed by atoms with Crippen LogP contribution in [0.5, 0.6) is 0 Å². The van der Waals surface area contributed by atoms with E-state index in [0.29, 0.717) is 11.6 Å². The Bertz CT molecular complexity index is 635. The molecule has 0 aliphatic heterocycles. The molecule has 0 radical (unpaired) electrons. The van der Waals surface area contributed by atoms with Gasteiger partial charge in [0.25, 0.3) is 0 Å². The van der Waals surface area contributed by atoms with Gasteiger partial charge in [-0.15, -0.1) is 0 Å². The van der Waals surface area contributed by atoms with E-state index in [1.54, 1.807) is 18.2 Å². The summed E-state index contributed by atoms with van der Waals surface area (Å²) in [6.45, 7) is 0. The number of hydrogen-bond acceptors (Lipinski definition) is 2. The van der Waals surface area contributed by atoms with E-state index in [2.05, 4.69) is 10.6 Å². The summed E-state index contributed by atoms with van der Waals surface area (Å²) >= 11 is 0. The van der Waals surface area contributed by atoms with E-state index in [-0.39, 0.29) is 18.1 Å². The van der Waals surface area contributed by atoms with Gasteiger partial charge in [0.05, 0.1) is 6.42 Å². The van der Waals surface area contributed by atoms with Crippen molar-refractivity contribution >= 4 is 17.3 Å². The molecular weight excluding hydrogens is 267 g/mol. The summed E-state index contributed by atoms with van der Waals surface area (Å²) in [6.07, 6.45) is 2.48. The molecule has 21 heavy (non-hydrogen) atoms. The van der Waals surface area contributed by atoms with E-state index in [1.165, 1.54) is 18.9 Å². The SMILES string of the molecule is O=C(Cc1ccccc1F)Nc1ccc(NC2CC2)cc1. The molecule has 1 saturated carbocycles. The monoisotopic (exact) mass is 284 g/mol. The maximum atomic E-state index is 13.5. The third-order valence-electron chi connectivity index (χ3n) is 3.43. The molecule has 0 unspecified atom stereocenters. The summed E-state index contributed by atoms with van der Waals surface area (Å²) in [5.41, 5.74) is 2.18. The second-order valence-electron chi connectivity index (χ2n) is 5.31. The maximum absolute atomic E-state index is 13.5. The van der Waals surface area contributed by atoms with Gasteiger partial charge < -0.3 is 10.6 Å². The van der Waals surface area contributed by atoms with Crippen molar-refractivity contribution in [1.82, 2.24) is 0 Å². The number of anilines is 2. The lowest BCUT2D eigenvalue weighted by atomic mass is 10.1. The first-order valence-corrected chi connectivity index (χ1v) is 7.10. The van der Waals surface area contributed by atoms with Gasteiger partial charge >= 0.3 is 0 Å². The molecule has 1 fully saturated rings. The second-order valence-corrected chi connectivity index (χ2v) is 5.31. The smallest absolute Gasteiger partial charge is 0.228 e. The standard InChI is InChI=1S/C17H17FN2O/c18-16-4-2-1-3-12(16)11-17(21)20-15-9-7-14(8-10-15)19-13-5-6-13/h1-4,7-10,13,19H,5-6,11H2,(H,20,21). The Hall–Kier alpha value is -2.36. The van der Waals surface area contributed by atoms with Crippen LogP contribution in [0.15, 0.2) is 48.5 Å². The van der Waals surface area contributed by atoms with Crippen molar-refractivity contribution in [3.05, 3.63) is 59.9 Å². The summed E-state index contributed by atoms with van der Waals surface area (Å²) in [4.78, 5) is 11.9. The predicted molar refractivity (Wildman–Crippen MR) is 81.8 cm³/mol. The van der Waals surface area contributed by atoms with E-state index < -0.39 is 0 Å². The third-order valence-corrected chi connectivity index (χ3v) is 3.43. The highest BCUT2D eigenvalue weighted by atomic mass is 19.1. The Balaban J connectivity index is 1.57. The highest BCUT2D eigenvalue weighted by Crippen LogP contribution is 2.25. The molecule has 0 atom stereocenters. The highest BCUT2D eigenvalue weighted by molar-refractivity contribution is 5.92. The summed E-state index contributed by atoms with van der Waals surface area (Å²) in [5.74, 6) is -0.570. The zero-order valence-corrected chi connectivity index (χ0v) is 11.6. The van der Waals surface area contributed by atoms with Crippen LogP contribution in [0.3, 0.4) is 0 Å². The molecule has 0 spiro atoms. The first-order valence-electron chi connectivity index (χ1n) is 7.10. The number of nitrogens with one attached hydrogen (secondary N) is 2. The lowest BCUT2D eigenvalue weighted by Gasteiger charge is -2.08. The molecule has 2 aromatic carbocycles. The van der Waals surface area contributed by atoms with Crippen LogP contribution in [-0.2, 0) is 11.2 Å². The van der Waals surface area contributed by atoms with Crippen molar-refractivity contribution in [2.75, 3.05) is 10.6 Å². The predicted octanol–water partition coefficient (Wildman–Crippen LogP) is 3.58. The summed E-state index contributed by atoms with van der Waals surface area (Å²) in [7, 11) is 0. The molecule has 0 bridgehead atoms. The molecule has 108 valence electrons. The Morgan fingerprint density at radius 1 is 1.05 bits per heavy atom. The van der Waals surface area contributed by atoms with Crippen molar-refractivity contribution in [3.8, 4) is 0 Å². The molecule has 4 heteroatoms. The fourth-order valence-electron chi connectivity index (χ4n) is 2.13. The average molecular weight is 284 g/mol. The molecule has 2 N–H and O–H groups in total. The minimum Gasteiger partial charge on any atom is -0.382 e. The van der Waals surface area contributed by atoms with E-state index in [9.17, 15) is 9.18 Å². The quantitative estimate of drug-likeness (QED) is 0.881. The van der Waals surface area contributed by atoms with Gasteiger partial charge in [0, 0.05) is 17.4 Å². The van der Waals surface area contributed by atoms with Gasteiger partial charge in [-0.2, -0.15) is 0 Å². The molecule has 0 aromatic heterocycles. The van der Waals surface area contributed by atoms with Crippen LogP contribution in [0.4, 0.5) is 15.8 Å². The maximum Gasteiger partial charge on any atom is 0.228 e. The van der Waals surface area contributed by atoms with E-state index in [0.717, 1.165) is 11.4 Å². The molecule has 3 nitrogen and oxygen atoms in total. The first kappa shape index (κ1) is 13.6. The van der Waals surface area contributed by atoms with Crippen molar-refractivity contribution in [1.29, 1.82) is 0 Å². The van der Waals surface area contributed by atoms with Gasteiger partial charge in [0.2, 0.25) is 5.91 Å². The normalized spacial score (nSPS) is 13.8. The molecule has 1 aliphatic carbocycles. The number of carbonyl (C=O) groups is 1. The lowest BCUT2D eigenvalue weighted by Crippen LogP contribution is -2.15. The van der Waals surface area contributed by atoms with E-state index in [4.69, 9.17) is 0 Å². The summed E-state index contributed by atoms with van der Waals surface area (Å²) in [5, 5.41) is 6.16. The van der Waals surface area contributed by atoms with Gasteiger partial charge in [-0.25, -0.2) is 4.39 Å². The van der Waals surface area contributed by atoms with Crippen LogP contribution < -0.4 is 10.6 Å². The molecule has 0 heterocycles. The molecule has 1 aliphatic rings. The second kappa shape index (κ2) is 5.95. The summed E-state index contributed by atoms with van der Waals surface area (Å²) < 4.78 is 13.5. The van der Waals surface area contributed by atoms with E-state index in [1.807, 2.05) is 24.3 Å². The Morgan fingerprint density at radius 2 is 1.71 bits per heavy atom. The van der Waals surface area contributed by atoms with E-state index >= 15 is 0 Å². The van der Waals surface area contributed by atoms with Crippen LogP contribution in [-0.4, -0.2) is 11.9 Å². The Morgan fingerprint density at radius 3 is 2.38 bits per heavy atom. The minimum absolute atomic E-state index is 0.0365. The topological polar surface area (TPSA) is 41.1 Å². The fourth-order valence-corrected chi connectivity index (χ4v) is 2.13.